The maximum atomic E-state index is 14.8. The van der Waals surface area contributed by atoms with Gasteiger partial charge >= 0.3 is 0 Å². The second-order valence-corrected chi connectivity index (χ2v) is 6.92. The van der Waals surface area contributed by atoms with Crippen LogP contribution < -0.4 is 16.5 Å². The van der Waals surface area contributed by atoms with Crippen LogP contribution in [-0.4, -0.2) is 22.0 Å². The quantitative estimate of drug-likeness (QED) is 0.652. The Bertz CT molecular complexity index is 1270. The third-order valence-electron chi connectivity index (χ3n) is 4.77. The van der Waals surface area contributed by atoms with Gasteiger partial charge in [-0.25, -0.2) is 9.38 Å². The number of carbonyl (C=O) groups is 2. The summed E-state index contributed by atoms with van der Waals surface area (Å²) in [7, 11) is 0. The minimum absolute atomic E-state index is 0.0637. The number of rotatable bonds is 7. The molecule has 2 heterocycles. The lowest BCUT2D eigenvalue weighted by Gasteiger charge is -2.21. The second-order valence-electron chi connectivity index (χ2n) is 6.92. The van der Waals surface area contributed by atoms with Gasteiger partial charge in [0.15, 0.2) is 17.0 Å². The van der Waals surface area contributed by atoms with Crippen molar-refractivity contribution in [3.05, 3.63) is 101 Å². The Balaban J connectivity index is 2.48. The number of Topliss-reactive ketones (excluding diaryl/α,β-unsaturated/α-hetero) is 1. The summed E-state index contributed by atoms with van der Waals surface area (Å²) in [5.74, 6) is -3.75. The lowest BCUT2D eigenvalue weighted by atomic mass is 9.94. The van der Waals surface area contributed by atoms with Crippen molar-refractivity contribution in [1.29, 1.82) is 0 Å². The summed E-state index contributed by atoms with van der Waals surface area (Å²) < 4.78 is 16.3. The Kier molecular flexibility index (Phi) is 6.44. The number of nitrogens with zero attached hydrogens (tertiary/aromatic N) is 2. The van der Waals surface area contributed by atoms with Crippen molar-refractivity contribution >= 4 is 29.0 Å². The van der Waals surface area contributed by atoms with E-state index < -0.39 is 34.6 Å². The number of para-hydroxylation sites is 1. The van der Waals surface area contributed by atoms with Gasteiger partial charge in [0, 0.05) is 17.5 Å². The largest absolute Gasteiger partial charge is 0.364 e. The molecule has 3 N–H and O–H groups in total. The number of hydrogen-bond donors (Lipinski definition) is 2. The summed E-state index contributed by atoms with van der Waals surface area (Å²) in [5, 5.41) is 3.06. The molecule has 0 spiro atoms. The van der Waals surface area contributed by atoms with Crippen molar-refractivity contribution in [2.75, 3.05) is 5.32 Å². The minimum Gasteiger partial charge on any atom is -0.364 e. The number of nitrogens with one attached hydrogen (secondary N) is 1. The molecule has 0 fully saturated rings. The zero-order valence-corrected chi connectivity index (χ0v) is 17.3. The molecular formula is C24H21FN4O3. The lowest BCUT2D eigenvalue weighted by molar-refractivity contribution is -0.117. The van der Waals surface area contributed by atoms with Gasteiger partial charge in [-0.3, -0.25) is 19.0 Å². The van der Waals surface area contributed by atoms with E-state index in [1.165, 1.54) is 29.7 Å². The lowest BCUT2D eigenvalue weighted by Crippen LogP contribution is -2.24. The van der Waals surface area contributed by atoms with Gasteiger partial charge in [-0.15, -0.1) is 0 Å². The minimum atomic E-state index is -1.25. The van der Waals surface area contributed by atoms with Crippen LogP contribution in [0.15, 0.2) is 95.2 Å². The van der Waals surface area contributed by atoms with Gasteiger partial charge in [0.05, 0.1) is 11.5 Å². The third kappa shape index (κ3) is 4.24. The van der Waals surface area contributed by atoms with Gasteiger partial charge in [-0.2, -0.15) is 0 Å². The van der Waals surface area contributed by atoms with Crippen LogP contribution in [0, 0.1) is 0 Å². The SMILES string of the molecule is C=C/C=C(\C=C)Nc1cc(=O)c2c(n1-c1ccccc1)N=C(C(N)=O)C(F)=CC2C(C)=O. The molecule has 0 saturated carbocycles. The summed E-state index contributed by atoms with van der Waals surface area (Å²) in [5.41, 5.74) is 5.10. The first-order valence-electron chi connectivity index (χ1n) is 9.62. The average molecular weight is 432 g/mol. The molecule has 1 aromatic heterocycles. The van der Waals surface area contributed by atoms with Crippen LogP contribution in [0.25, 0.3) is 5.69 Å². The molecule has 0 aliphatic carbocycles. The summed E-state index contributed by atoms with van der Waals surface area (Å²) >= 11 is 0. The van der Waals surface area contributed by atoms with Gasteiger partial charge in [-0.05, 0) is 37.3 Å². The van der Waals surface area contributed by atoms with Crippen molar-refractivity contribution in [2.24, 2.45) is 10.7 Å². The zero-order chi connectivity index (χ0) is 23.4. The molecule has 1 aliphatic heterocycles. The van der Waals surface area contributed by atoms with E-state index in [-0.39, 0.29) is 17.2 Å². The first kappa shape index (κ1) is 22.4. The number of amides is 1. The van der Waals surface area contributed by atoms with E-state index in [9.17, 15) is 18.8 Å². The van der Waals surface area contributed by atoms with Gasteiger partial charge in [0.1, 0.15) is 17.4 Å². The van der Waals surface area contributed by atoms with E-state index in [2.05, 4.69) is 23.5 Å². The highest BCUT2D eigenvalue weighted by Crippen LogP contribution is 2.35. The van der Waals surface area contributed by atoms with Crippen molar-refractivity contribution in [2.45, 2.75) is 12.8 Å². The summed E-state index contributed by atoms with van der Waals surface area (Å²) in [6.07, 6.45) is 5.59. The first-order valence-corrected chi connectivity index (χ1v) is 9.62. The van der Waals surface area contributed by atoms with Gasteiger partial charge in [-0.1, -0.05) is 37.4 Å². The molecule has 2 aromatic rings. The van der Waals surface area contributed by atoms with E-state index in [0.29, 0.717) is 11.4 Å². The number of allylic oxidation sites excluding steroid dienone is 4. The monoisotopic (exact) mass is 432 g/mol. The summed E-state index contributed by atoms with van der Waals surface area (Å²) in [4.78, 5) is 41.5. The second kappa shape index (κ2) is 9.22. The van der Waals surface area contributed by atoms with Crippen LogP contribution >= 0.6 is 0 Å². The number of pyridine rings is 1. The number of halogens is 1. The fourth-order valence-electron chi connectivity index (χ4n) is 3.34. The Morgan fingerprint density at radius 3 is 2.50 bits per heavy atom. The van der Waals surface area contributed by atoms with Gasteiger partial charge < -0.3 is 11.1 Å². The predicted octanol–water partition coefficient (Wildman–Crippen LogP) is 3.60. The topological polar surface area (TPSA) is 107 Å². The van der Waals surface area contributed by atoms with E-state index in [1.807, 2.05) is 0 Å². The molecule has 1 aromatic carbocycles. The van der Waals surface area contributed by atoms with Crippen LogP contribution in [0.4, 0.5) is 16.0 Å². The van der Waals surface area contributed by atoms with E-state index in [4.69, 9.17) is 5.73 Å². The molecule has 8 heteroatoms. The molecule has 7 nitrogen and oxygen atoms in total. The maximum Gasteiger partial charge on any atom is 0.270 e. The molecule has 0 bridgehead atoms. The van der Waals surface area contributed by atoms with Crippen molar-refractivity contribution in [3.63, 3.8) is 0 Å². The molecule has 1 amide bonds. The Morgan fingerprint density at radius 2 is 1.94 bits per heavy atom. The Labute approximate surface area is 183 Å². The Hall–Kier alpha value is -4.33. The van der Waals surface area contributed by atoms with Gasteiger partial charge in [0.2, 0.25) is 0 Å². The molecule has 1 unspecified atom stereocenters. The van der Waals surface area contributed by atoms with Crippen LogP contribution in [-0.2, 0) is 9.59 Å². The molecular weight excluding hydrogens is 411 g/mol. The van der Waals surface area contributed by atoms with Crippen molar-refractivity contribution in [1.82, 2.24) is 4.57 Å². The Morgan fingerprint density at radius 1 is 1.25 bits per heavy atom. The highest BCUT2D eigenvalue weighted by Gasteiger charge is 2.31. The number of nitrogens with two attached hydrogens (primary N) is 1. The van der Waals surface area contributed by atoms with Crippen molar-refractivity contribution < 1.29 is 14.0 Å². The number of benzene rings is 1. The van der Waals surface area contributed by atoms with Crippen molar-refractivity contribution in [3.8, 4) is 5.69 Å². The standard InChI is InChI=1S/C24H21FN4O3/c1-4-9-15(5-2)27-20-13-19(31)21-17(14(3)30)12-18(25)22(23(26)32)28-24(21)29(20)16-10-7-6-8-11-16/h4-13,17,27H,1-2H2,3H3,(H2,26,32)/b15-9+. The average Bonchev–Trinajstić information content (AvgIpc) is 2.91. The number of hydrogen-bond acceptors (Lipinski definition) is 5. The number of carbonyl (C=O) groups excluding carboxylic acids is 2. The molecule has 32 heavy (non-hydrogen) atoms. The number of primary amides is 1. The fourth-order valence-corrected chi connectivity index (χ4v) is 3.34. The molecule has 0 saturated heterocycles. The number of aliphatic imine (C=N–C) groups is 1. The van der Waals surface area contributed by atoms with E-state index in [0.717, 1.165) is 6.08 Å². The van der Waals surface area contributed by atoms with Crippen LogP contribution in [0.1, 0.15) is 18.4 Å². The summed E-state index contributed by atoms with van der Waals surface area (Å²) in [6.45, 7) is 8.60. The highest BCUT2D eigenvalue weighted by atomic mass is 19.1. The van der Waals surface area contributed by atoms with E-state index >= 15 is 0 Å². The predicted molar refractivity (Wildman–Crippen MR) is 123 cm³/mol. The molecule has 1 atom stereocenters. The molecule has 162 valence electrons. The smallest absolute Gasteiger partial charge is 0.270 e. The third-order valence-corrected chi connectivity index (χ3v) is 4.77. The highest BCUT2D eigenvalue weighted by molar-refractivity contribution is 6.44. The van der Waals surface area contributed by atoms with Gasteiger partial charge in [0.25, 0.3) is 5.91 Å². The number of anilines is 1. The molecule has 0 radical (unpaired) electrons. The van der Waals surface area contributed by atoms with E-state index in [1.54, 1.807) is 36.4 Å². The number of ketones is 1. The van der Waals surface area contributed by atoms with Crippen LogP contribution in [0.3, 0.4) is 0 Å². The van der Waals surface area contributed by atoms with Crippen LogP contribution in [0.5, 0.6) is 0 Å². The molecule has 1 aliphatic rings. The fraction of sp³-hybridized carbons (Fsp3) is 0.0833. The normalized spacial score (nSPS) is 15.6. The summed E-state index contributed by atoms with van der Waals surface area (Å²) in [6, 6.07) is 10.1. The zero-order valence-electron chi connectivity index (χ0n) is 17.3. The first-order chi connectivity index (χ1) is 15.3. The number of aromatic nitrogens is 1. The number of fused-ring (bicyclic) bond motifs is 1. The van der Waals surface area contributed by atoms with Crippen LogP contribution in [0.2, 0.25) is 0 Å². The molecule has 3 rings (SSSR count). The maximum absolute atomic E-state index is 14.8.